The number of nitrogens with one attached hydrogen (secondary N) is 1. The Morgan fingerprint density at radius 2 is 2.00 bits per heavy atom. The van der Waals surface area contributed by atoms with Crippen molar-refractivity contribution >= 4 is 5.69 Å². The molecular weight excluding hydrogens is 210 g/mol. The number of anilines is 1. The van der Waals surface area contributed by atoms with Crippen molar-refractivity contribution < 1.29 is 0 Å². The summed E-state index contributed by atoms with van der Waals surface area (Å²) in [6, 6.07) is 11.7. The number of aryl methyl sites for hydroxylation is 1. The van der Waals surface area contributed by atoms with Crippen molar-refractivity contribution in [3.8, 4) is 6.07 Å². The maximum Gasteiger partial charge on any atom is 0.0991 e. The minimum atomic E-state index is 0.692. The van der Waals surface area contributed by atoms with E-state index in [9.17, 15) is 0 Å². The summed E-state index contributed by atoms with van der Waals surface area (Å²) in [5.41, 5.74) is 4.01. The van der Waals surface area contributed by atoms with Gasteiger partial charge in [-0.15, -0.1) is 0 Å². The minimum absolute atomic E-state index is 0.692. The second-order valence-electron chi connectivity index (χ2n) is 3.85. The van der Waals surface area contributed by atoms with Crippen molar-refractivity contribution in [2.24, 2.45) is 0 Å². The molecule has 0 bridgehead atoms. The van der Waals surface area contributed by atoms with Crippen molar-refractivity contribution in [2.75, 3.05) is 5.32 Å². The summed E-state index contributed by atoms with van der Waals surface area (Å²) in [4.78, 5) is 3.98. The van der Waals surface area contributed by atoms with Gasteiger partial charge in [0.15, 0.2) is 0 Å². The molecule has 0 aliphatic carbocycles. The van der Waals surface area contributed by atoms with Crippen LogP contribution in [0.1, 0.15) is 16.7 Å². The van der Waals surface area contributed by atoms with Gasteiger partial charge in [-0.25, -0.2) is 0 Å². The number of nitrogens with zero attached hydrogens (tertiary/aromatic N) is 2. The summed E-state index contributed by atoms with van der Waals surface area (Å²) in [6.07, 6.45) is 3.56. The zero-order chi connectivity index (χ0) is 12.1. The summed E-state index contributed by atoms with van der Waals surface area (Å²) in [7, 11) is 0. The molecular formula is C14H13N3. The van der Waals surface area contributed by atoms with Crippen LogP contribution in [-0.4, -0.2) is 4.98 Å². The first-order chi connectivity index (χ1) is 8.29. The quantitative estimate of drug-likeness (QED) is 0.870. The molecule has 0 aliphatic heterocycles. The monoisotopic (exact) mass is 223 g/mol. The average Bonchev–Trinajstić information content (AvgIpc) is 2.38. The summed E-state index contributed by atoms with van der Waals surface area (Å²) in [5.74, 6) is 0. The van der Waals surface area contributed by atoms with E-state index < -0.39 is 0 Å². The summed E-state index contributed by atoms with van der Waals surface area (Å²) in [6.45, 7) is 2.75. The van der Waals surface area contributed by atoms with Crippen molar-refractivity contribution in [2.45, 2.75) is 13.5 Å². The van der Waals surface area contributed by atoms with Crippen molar-refractivity contribution in [1.29, 1.82) is 5.26 Å². The zero-order valence-electron chi connectivity index (χ0n) is 9.64. The van der Waals surface area contributed by atoms with E-state index in [2.05, 4.69) is 16.4 Å². The molecule has 0 radical (unpaired) electrons. The standard InChI is InChI=1S/C14H13N3/c1-11-8-13(9-15)2-3-14(11)17-10-12-4-6-16-7-5-12/h2-8,17H,10H2,1H3. The molecule has 17 heavy (non-hydrogen) atoms. The van der Waals surface area contributed by atoms with E-state index in [1.54, 1.807) is 12.4 Å². The highest BCUT2D eigenvalue weighted by Gasteiger charge is 1.99. The second kappa shape index (κ2) is 5.13. The van der Waals surface area contributed by atoms with E-state index in [0.717, 1.165) is 17.8 Å². The Balaban J connectivity index is 2.08. The maximum absolute atomic E-state index is 8.78. The third-order valence-corrected chi connectivity index (χ3v) is 2.59. The van der Waals surface area contributed by atoms with Gasteiger partial charge in [0, 0.05) is 24.6 Å². The van der Waals surface area contributed by atoms with E-state index in [4.69, 9.17) is 5.26 Å². The fraction of sp³-hybridized carbons (Fsp3) is 0.143. The molecule has 0 amide bonds. The second-order valence-corrected chi connectivity index (χ2v) is 3.85. The van der Waals surface area contributed by atoms with Gasteiger partial charge in [-0.05, 0) is 48.4 Å². The van der Waals surface area contributed by atoms with Crippen LogP contribution in [0.3, 0.4) is 0 Å². The molecule has 0 spiro atoms. The zero-order valence-corrected chi connectivity index (χ0v) is 9.64. The minimum Gasteiger partial charge on any atom is -0.381 e. The lowest BCUT2D eigenvalue weighted by Crippen LogP contribution is -2.01. The highest BCUT2D eigenvalue weighted by atomic mass is 14.9. The third kappa shape index (κ3) is 2.82. The van der Waals surface area contributed by atoms with Crippen LogP contribution in [0, 0.1) is 18.3 Å². The molecule has 1 aromatic carbocycles. The Morgan fingerprint density at radius 1 is 1.24 bits per heavy atom. The van der Waals surface area contributed by atoms with Gasteiger partial charge in [0.05, 0.1) is 11.6 Å². The van der Waals surface area contributed by atoms with Crippen LogP contribution in [0.25, 0.3) is 0 Å². The van der Waals surface area contributed by atoms with E-state index >= 15 is 0 Å². The Morgan fingerprint density at radius 3 is 2.65 bits per heavy atom. The number of rotatable bonds is 3. The van der Waals surface area contributed by atoms with Gasteiger partial charge in [0.2, 0.25) is 0 Å². The lowest BCUT2D eigenvalue weighted by molar-refractivity contribution is 1.12. The van der Waals surface area contributed by atoms with Gasteiger partial charge in [0.1, 0.15) is 0 Å². The van der Waals surface area contributed by atoms with E-state index in [-0.39, 0.29) is 0 Å². The van der Waals surface area contributed by atoms with Crippen LogP contribution in [0.2, 0.25) is 0 Å². The van der Waals surface area contributed by atoms with Crippen LogP contribution in [0.5, 0.6) is 0 Å². The summed E-state index contributed by atoms with van der Waals surface area (Å²) in [5, 5.41) is 12.1. The first kappa shape index (κ1) is 11.2. The predicted molar refractivity (Wildman–Crippen MR) is 67.5 cm³/mol. The van der Waals surface area contributed by atoms with Crippen LogP contribution < -0.4 is 5.32 Å². The molecule has 2 aromatic rings. The van der Waals surface area contributed by atoms with Crippen molar-refractivity contribution in [1.82, 2.24) is 4.98 Å². The number of nitriles is 1. The molecule has 0 unspecified atom stereocenters. The fourth-order valence-corrected chi connectivity index (χ4v) is 1.63. The van der Waals surface area contributed by atoms with Gasteiger partial charge in [-0.3, -0.25) is 4.98 Å². The SMILES string of the molecule is Cc1cc(C#N)ccc1NCc1ccncc1. The summed E-state index contributed by atoms with van der Waals surface area (Å²) >= 11 is 0. The number of hydrogen-bond donors (Lipinski definition) is 1. The molecule has 3 heteroatoms. The molecule has 0 atom stereocenters. The molecule has 0 saturated heterocycles. The number of pyridine rings is 1. The largest absolute Gasteiger partial charge is 0.381 e. The normalized spacial score (nSPS) is 9.65. The molecule has 0 saturated carbocycles. The molecule has 1 aromatic heterocycles. The first-order valence-electron chi connectivity index (χ1n) is 5.43. The Hall–Kier alpha value is -2.34. The van der Waals surface area contributed by atoms with Crippen LogP contribution in [0.15, 0.2) is 42.7 Å². The fourth-order valence-electron chi connectivity index (χ4n) is 1.63. The average molecular weight is 223 g/mol. The smallest absolute Gasteiger partial charge is 0.0991 e. The molecule has 1 heterocycles. The van der Waals surface area contributed by atoms with Crippen LogP contribution in [0.4, 0.5) is 5.69 Å². The molecule has 1 N–H and O–H groups in total. The van der Waals surface area contributed by atoms with Gasteiger partial charge in [0.25, 0.3) is 0 Å². The molecule has 0 aliphatic rings. The lowest BCUT2D eigenvalue weighted by Gasteiger charge is -2.09. The van der Waals surface area contributed by atoms with Gasteiger partial charge in [-0.2, -0.15) is 5.26 Å². The highest BCUT2D eigenvalue weighted by Crippen LogP contribution is 2.16. The third-order valence-electron chi connectivity index (χ3n) is 2.59. The van der Waals surface area contributed by atoms with Crippen molar-refractivity contribution in [3.63, 3.8) is 0 Å². The van der Waals surface area contributed by atoms with E-state index in [0.29, 0.717) is 5.56 Å². The molecule has 2 rings (SSSR count). The van der Waals surface area contributed by atoms with Crippen LogP contribution in [-0.2, 0) is 6.54 Å². The Labute approximate surface area is 101 Å². The number of aromatic nitrogens is 1. The molecule has 0 fully saturated rings. The molecule has 3 nitrogen and oxygen atoms in total. The maximum atomic E-state index is 8.78. The van der Waals surface area contributed by atoms with E-state index in [1.165, 1.54) is 5.56 Å². The topological polar surface area (TPSA) is 48.7 Å². The van der Waals surface area contributed by atoms with Gasteiger partial charge in [-0.1, -0.05) is 0 Å². The number of hydrogen-bond acceptors (Lipinski definition) is 3. The lowest BCUT2D eigenvalue weighted by atomic mass is 10.1. The summed E-state index contributed by atoms with van der Waals surface area (Å²) < 4.78 is 0. The van der Waals surface area contributed by atoms with Crippen molar-refractivity contribution in [3.05, 3.63) is 59.4 Å². The Bertz CT molecular complexity index is 541. The Kier molecular flexibility index (Phi) is 3.37. The van der Waals surface area contributed by atoms with Gasteiger partial charge >= 0.3 is 0 Å². The van der Waals surface area contributed by atoms with Crippen LogP contribution >= 0.6 is 0 Å². The predicted octanol–water partition coefficient (Wildman–Crippen LogP) is 2.87. The highest BCUT2D eigenvalue weighted by molar-refractivity contribution is 5.54. The van der Waals surface area contributed by atoms with Gasteiger partial charge < -0.3 is 5.32 Å². The first-order valence-corrected chi connectivity index (χ1v) is 5.43. The van der Waals surface area contributed by atoms with E-state index in [1.807, 2.05) is 37.3 Å². The number of benzene rings is 1. The molecule has 84 valence electrons.